The standard InChI is InChI=1S/C33H38N4O3/c1-22(2)33(38)34-27-9-5-8-26(21-27)24-16-19-36(20-17-24)18-6-11-30-29-10-4-7-23(3)31(29)35-32(30)25-12-14-28(15-13-25)37(39)40/h4-5,7-10,12-15,21-22,24,35H,6,11,16-20H2,1-3H3,(H,34,38). The molecule has 3 aromatic carbocycles. The van der Waals surface area contributed by atoms with Crippen LogP contribution in [-0.4, -0.2) is 40.3 Å². The van der Waals surface area contributed by atoms with Gasteiger partial charge in [0.2, 0.25) is 5.91 Å². The minimum absolute atomic E-state index is 0.0367. The number of anilines is 1. The number of aromatic amines is 1. The van der Waals surface area contributed by atoms with Crippen molar-refractivity contribution < 1.29 is 9.72 Å². The van der Waals surface area contributed by atoms with Crippen molar-refractivity contribution in [2.75, 3.05) is 25.0 Å². The van der Waals surface area contributed by atoms with E-state index in [-0.39, 0.29) is 22.4 Å². The number of carbonyl (C=O) groups is 1. The van der Waals surface area contributed by atoms with Crippen molar-refractivity contribution in [3.8, 4) is 11.3 Å². The molecule has 208 valence electrons. The number of H-pyrrole nitrogens is 1. The molecule has 1 aliphatic heterocycles. The lowest BCUT2D eigenvalue weighted by Gasteiger charge is -2.32. The average molecular weight is 539 g/mol. The van der Waals surface area contributed by atoms with Crippen molar-refractivity contribution >= 4 is 28.2 Å². The summed E-state index contributed by atoms with van der Waals surface area (Å²) in [6, 6.07) is 21.6. The predicted molar refractivity (Wildman–Crippen MR) is 162 cm³/mol. The maximum absolute atomic E-state index is 12.1. The van der Waals surface area contributed by atoms with Crippen molar-refractivity contribution in [3.63, 3.8) is 0 Å². The summed E-state index contributed by atoms with van der Waals surface area (Å²) >= 11 is 0. The zero-order chi connectivity index (χ0) is 28.2. The summed E-state index contributed by atoms with van der Waals surface area (Å²) < 4.78 is 0. The van der Waals surface area contributed by atoms with Crippen LogP contribution in [0, 0.1) is 23.0 Å². The molecule has 1 aliphatic rings. The van der Waals surface area contributed by atoms with Crippen LogP contribution in [0.2, 0.25) is 0 Å². The molecule has 7 heteroatoms. The second kappa shape index (κ2) is 12.0. The highest BCUT2D eigenvalue weighted by Gasteiger charge is 2.22. The van der Waals surface area contributed by atoms with Crippen molar-refractivity contribution in [1.82, 2.24) is 9.88 Å². The monoisotopic (exact) mass is 538 g/mol. The van der Waals surface area contributed by atoms with E-state index in [0.717, 1.165) is 67.8 Å². The lowest BCUT2D eigenvalue weighted by Crippen LogP contribution is -2.33. The number of hydrogen-bond donors (Lipinski definition) is 2. The number of aromatic nitrogens is 1. The average Bonchev–Trinajstić information content (AvgIpc) is 3.33. The van der Waals surface area contributed by atoms with Crippen molar-refractivity contribution in [1.29, 1.82) is 0 Å². The highest BCUT2D eigenvalue weighted by Crippen LogP contribution is 2.34. The van der Waals surface area contributed by atoms with E-state index in [1.165, 1.54) is 22.1 Å². The number of nitrogens with one attached hydrogen (secondary N) is 2. The first-order valence-corrected chi connectivity index (χ1v) is 14.3. The Hall–Kier alpha value is -3.97. The third-order valence-electron chi connectivity index (χ3n) is 8.16. The zero-order valence-electron chi connectivity index (χ0n) is 23.6. The normalized spacial score (nSPS) is 14.6. The Morgan fingerprint density at radius 3 is 2.50 bits per heavy atom. The molecule has 1 amide bonds. The fourth-order valence-electron chi connectivity index (χ4n) is 5.80. The lowest BCUT2D eigenvalue weighted by atomic mass is 9.89. The number of amides is 1. The van der Waals surface area contributed by atoms with E-state index < -0.39 is 0 Å². The van der Waals surface area contributed by atoms with Crippen LogP contribution in [0.25, 0.3) is 22.2 Å². The molecular weight excluding hydrogens is 500 g/mol. The Morgan fingerprint density at radius 2 is 1.80 bits per heavy atom. The number of nitro groups is 1. The fraction of sp³-hybridized carbons (Fsp3) is 0.364. The molecule has 1 aromatic heterocycles. The van der Waals surface area contributed by atoms with Gasteiger partial charge in [-0.3, -0.25) is 14.9 Å². The molecule has 0 bridgehead atoms. The number of fused-ring (bicyclic) bond motifs is 1. The first-order chi connectivity index (χ1) is 19.3. The number of carbonyl (C=O) groups excluding carboxylic acids is 1. The van der Waals surface area contributed by atoms with Crippen molar-refractivity contribution in [2.45, 2.75) is 52.4 Å². The second-order valence-electron chi connectivity index (χ2n) is 11.3. The van der Waals surface area contributed by atoms with Crippen molar-refractivity contribution in [2.24, 2.45) is 5.92 Å². The molecular formula is C33H38N4O3. The van der Waals surface area contributed by atoms with Gasteiger partial charge in [0, 0.05) is 40.3 Å². The molecule has 1 fully saturated rings. The van der Waals surface area contributed by atoms with Gasteiger partial charge in [-0.05, 0) is 105 Å². The summed E-state index contributed by atoms with van der Waals surface area (Å²) in [6.45, 7) is 9.09. The smallest absolute Gasteiger partial charge is 0.269 e. The van der Waals surface area contributed by atoms with Gasteiger partial charge in [-0.15, -0.1) is 0 Å². The van der Waals surface area contributed by atoms with Crippen LogP contribution in [0.1, 0.15) is 55.7 Å². The van der Waals surface area contributed by atoms with Gasteiger partial charge in [-0.2, -0.15) is 0 Å². The first-order valence-electron chi connectivity index (χ1n) is 14.3. The topological polar surface area (TPSA) is 91.3 Å². The van der Waals surface area contributed by atoms with Crippen LogP contribution in [0.15, 0.2) is 66.7 Å². The number of benzene rings is 3. The molecule has 5 rings (SSSR count). The molecule has 0 saturated carbocycles. The molecule has 2 N–H and O–H groups in total. The zero-order valence-corrected chi connectivity index (χ0v) is 23.6. The number of likely N-dealkylation sites (tertiary alicyclic amines) is 1. The van der Waals surface area contributed by atoms with Gasteiger partial charge < -0.3 is 15.2 Å². The molecule has 40 heavy (non-hydrogen) atoms. The Bertz CT molecular complexity index is 1500. The number of rotatable bonds is 9. The van der Waals surface area contributed by atoms with E-state index in [4.69, 9.17) is 0 Å². The summed E-state index contributed by atoms with van der Waals surface area (Å²) in [7, 11) is 0. The van der Waals surface area contributed by atoms with Gasteiger partial charge in [0.1, 0.15) is 0 Å². The predicted octanol–water partition coefficient (Wildman–Crippen LogP) is 7.46. The van der Waals surface area contributed by atoms with E-state index in [1.54, 1.807) is 12.1 Å². The van der Waals surface area contributed by atoms with Gasteiger partial charge in [0.15, 0.2) is 0 Å². The molecule has 0 atom stereocenters. The van der Waals surface area contributed by atoms with Gasteiger partial charge in [0.05, 0.1) is 4.92 Å². The second-order valence-corrected chi connectivity index (χ2v) is 11.3. The highest BCUT2D eigenvalue weighted by atomic mass is 16.6. The molecule has 1 saturated heterocycles. The number of hydrogen-bond acceptors (Lipinski definition) is 4. The summed E-state index contributed by atoms with van der Waals surface area (Å²) in [5.74, 6) is 0.525. The van der Waals surface area contributed by atoms with Crippen LogP contribution in [0.4, 0.5) is 11.4 Å². The van der Waals surface area contributed by atoms with Crippen LogP contribution in [0.3, 0.4) is 0 Å². The van der Waals surface area contributed by atoms with Gasteiger partial charge in [-0.25, -0.2) is 0 Å². The number of aryl methyl sites for hydroxylation is 2. The van der Waals surface area contributed by atoms with Gasteiger partial charge >= 0.3 is 0 Å². The fourth-order valence-corrected chi connectivity index (χ4v) is 5.80. The minimum atomic E-state index is -0.357. The Balaban J connectivity index is 1.22. The van der Waals surface area contributed by atoms with Crippen molar-refractivity contribution in [3.05, 3.63) is 93.5 Å². The Labute approximate surface area is 235 Å². The third kappa shape index (κ3) is 6.10. The molecule has 2 heterocycles. The van der Waals surface area contributed by atoms with E-state index in [2.05, 4.69) is 52.5 Å². The number of non-ortho nitro benzene ring substituents is 1. The maximum Gasteiger partial charge on any atom is 0.269 e. The number of nitro benzene ring substituents is 1. The molecule has 0 aliphatic carbocycles. The summed E-state index contributed by atoms with van der Waals surface area (Å²) in [5, 5.41) is 15.4. The van der Waals surface area contributed by atoms with E-state index in [1.807, 2.05) is 38.1 Å². The van der Waals surface area contributed by atoms with Gasteiger partial charge in [0.25, 0.3) is 5.69 Å². The van der Waals surface area contributed by atoms with E-state index in [0.29, 0.717) is 5.92 Å². The molecule has 4 aromatic rings. The maximum atomic E-state index is 12.1. The Kier molecular flexibility index (Phi) is 8.31. The van der Waals surface area contributed by atoms with E-state index in [9.17, 15) is 14.9 Å². The summed E-state index contributed by atoms with van der Waals surface area (Å²) in [5.41, 5.74) is 7.95. The Morgan fingerprint density at radius 1 is 1.07 bits per heavy atom. The largest absolute Gasteiger partial charge is 0.354 e. The molecule has 7 nitrogen and oxygen atoms in total. The summed E-state index contributed by atoms with van der Waals surface area (Å²) in [6.07, 6.45) is 4.21. The SMILES string of the molecule is Cc1cccc2c(CCCN3CCC(c4cccc(NC(=O)C(C)C)c4)CC3)c(-c3ccc([N+](=O)[O-])cc3)[nH]c12. The van der Waals surface area contributed by atoms with Crippen LogP contribution >= 0.6 is 0 Å². The van der Waals surface area contributed by atoms with Crippen LogP contribution in [0.5, 0.6) is 0 Å². The molecule has 0 unspecified atom stereocenters. The third-order valence-corrected chi connectivity index (χ3v) is 8.16. The van der Waals surface area contributed by atoms with Crippen LogP contribution < -0.4 is 5.32 Å². The summed E-state index contributed by atoms with van der Waals surface area (Å²) in [4.78, 5) is 29.1. The van der Waals surface area contributed by atoms with Crippen LogP contribution in [-0.2, 0) is 11.2 Å². The number of nitrogens with zero attached hydrogens (tertiary/aromatic N) is 2. The lowest BCUT2D eigenvalue weighted by molar-refractivity contribution is -0.384. The van der Waals surface area contributed by atoms with E-state index >= 15 is 0 Å². The number of piperidine rings is 1. The molecule has 0 spiro atoms. The first kappa shape index (κ1) is 27.6. The quantitative estimate of drug-likeness (QED) is 0.171. The number of para-hydroxylation sites is 1. The molecule has 0 radical (unpaired) electrons. The highest BCUT2D eigenvalue weighted by molar-refractivity contribution is 5.93. The minimum Gasteiger partial charge on any atom is -0.354 e. The van der Waals surface area contributed by atoms with Gasteiger partial charge in [-0.1, -0.05) is 44.2 Å².